The summed E-state index contributed by atoms with van der Waals surface area (Å²) in [5.41, 5.74) is 1.61. The molecule has 0 aliphatic heterocycles. The summed E-state index contributed by atoms with van der Waals surface area (Å²) in [4.78, 5) is 29.9. The zero-order valence-electron chi connectivity index (χ0n) is 15.2. The largest absolute Gasteiger partial charge is 0.351 e. The third kappa shape index (κ3) is 3.24. The Morgan fingerprint density at radius 1 is 1.14 bits per heavy atom. The number of pyridine rings is 1. The predicted octanol–water partition coefficient (Wildman–Crippen LogP) is 3.52. The first-order valence-electron chi connectivity index (χ1n) is 8.98. The van der Waals surface area contributed by atoms with Gasteiger partial charge >= 0.3 is 0 Å². The number of nitrogens with one attached hydrogen (secondary N) is 1. The molecule has 0 spiro atoms. The van der Waals surface area contributed by atoms with Crippen molar-refractivity contribution < 1.29 is 9.18 Å². The highest BCUT2D eigenvalue weighted by atomic mass is 19.1. The van der Waals surface area contributed by atoms with Gasteiger partial charge in [0.25, 0.3) is 11.5 Å². The molecule has 0 unspecified atom stereocenters. The van der Waals surface area contributed by atoms with Crippen LogP contribution in [0.1, 0.15) is 28.8 Å². The van der Waals surface area contributed by atoms with Crippen LogP contribution in [0.2, 0.25) is 0 Å². The summed E-state index contributed by atoms with van der Waals surface area (Å²) in [6.07, 6.45) is 1.53. The Kier molecular flexibility index (Phi) is 4.61. The van der Waals surface area contributed by atoms with Crippen LogP contribution in [0, 0.1) is 5.82 Å². The maximum Gasteiger partial charge on any atom is 0.265 e. The monoisotopic (exact) mass is 375 g/mol. The van der Waals surface area contributed by atoms with E-state index < -0.39 is 11.4 Å². The predicted molar refractivity (Wildman–Crippen MR) is 106 cm³/mol. The Balaban J connectivity index is 1.68. The average molecular weight is 375 g/mol. The average Bonchev–Trinajstić information content (AvgIpc) is 2.73. The summed E-state index contributed by atoms with van der Waals surface area (Å²) in [6, 6.07) is 17.0. The van der Waals surface area contributed by atoms with Crippen molar-refractivity contribution in [3.8, 4) is 0 Å². The fourth-order valence-corrected chi connectivity index (χ4v) is 3.22. The van der Waals surface area contributed by atoms with Gasteiger partial charge in [-0.2, -0.15) is 0 Å². The molecule has 5 nitrogen and oxygen atoms in total. The van der Waals surface area contributed by atoms with Crippen molar-refractivity contribution in [2.45, 2.75) is 12.8 Å². The topological polar surface area (TPSA) is 63.5 Å². The molecule has 2 heterocycles. The number of hydrogen-bond acceptors (Lipinski definition) is 3. The van der Waals surface area contributed by atoms with Crippen LogP contribution in [-0.4, -0.2) is 21.8 Å². The highest BCUT2D eigenvalue weighted by molar-refractivity contribution is 6.00. The van der Waals surface area contributed by atoms with Gasteiger partial charge in [0.1, 0.15) is 5.82 Å². The van der Waals surface area contributed by atoms with Crippen LogP contribution in [0.15, 0.2) is 71.7 Å². The zero-order valence-corrected chi connectivity index (χ0v) is 15.2. The Hall–Kier alpha value is -3.54. The molecule has 6 heteroatoms. The highest BCUT2D eigenvalue weighted by Crippen LogP contribution is 2.16. The number of fused-ring (bicyclic) bond motifs is 2. The fraction of sp³-hybridized carbons (Fsp3) is 0.136. The third-order valence-electron chi connectivity index (χ3n) is 4.78. The van der Waals surface area contributed by atoms with E-state index >= 15 is 0 Å². The summed E-state index contributed by atoms with van der Waals surface area (Å²) >= 11 is 0. The van der Waals surface area contributed by atoms with E-state index in [-0.39, 0.29) is 22.9 Å². The first kappa shape index (κ1) is 17.9. The Morgan fingerprint density at radius 3 is 2.71 bits per heavy atom. The molecule has 0 radical (unpaired) electrons. The first-order chi connectivity index (χ1) is 13.5. The van der Waals surface area contributed by atoms with Gasteiger partial charge in [0.05, 0.1) is 16.5 Å². The second kappa shape index (κ2) is 7.23. The van der Waals surface area contributed by atoms with Gasteiger partial charge < -0.3 is 5.32 Å². The van der Waals surface area contributed by atoms with Crippen molar-refractivity contribution in [1.82, 2.24) is 14.7 Å². The Labute approximate surface area is 160 Å². The van der Waals surface area contributed by atoms with Crippen molar-refractivity contribution in [2.24, 2.45) is 0 Å². The van der Waals surface area contributed by atoms with Crippen molar-refractivity contribution in [1.29, 1.82) is 0 Å². The summed E-state index contributed by atoms with van der Waals surface area (Å²) in [5.74, 6) is -0.677. The quantitative estimate of drug-likeness (QED) is 0.555. The lowest BCUT2D eigenvalue weighted by atomic mass is 10.0. The van der Waals surface area contributed by atoms with Crippen LogP contribution in [0.25, 0.3) is 16.6 Å². The molecule has 1 atom stereocenters. The minimum atomic E-state index is -0.504. The van der Waals surface area contributed by atoms with Crippen LogP contribution in [0.4, 0.5) is 4.39 Å². The van der Waals surface area contributed by atoms with Crippen LogP contribution in [-0.2, 0) is 0 Å². The summed E-state index contributed by atoms with van der Waals surface area (Å²) < 4.78 is 14.8. The lowest BCUT2D eigenvalue weighted by Gasteiger charge is -2.14. The standard InChI is InChI=1S/C22H18FN3O2/c1-14(15-6-3-2-4-7-15)13-24-21(27)17-8-5-11-26-20(17)25-19-10-9-16(23)12-18(19)22(26)28/h2-12,14H,13H2,1H3,(H,24,27)/t14-/m1/s1. The number of aromatic nitrogens is 2. The van der Waals surface area contributed by atoms with E-state index in [1.165, 1.54) is 22.7 Å². The van der Waals surface area contributed by atoms with E-state index in [9.17, 15) is 14.0 Å². The van der Waals surface area contributed by atoms with Gasteiger partial charge in [0, 0.05) is 12.7 Å². The van der Waals surface area contributed by atoms with E-state index in [4.69, 9.17) is 0 Å². The van der Waals surface area contributed by atoms with Crippen LogP contribution >= 0.6 is 0 Å². The maximum atomic E-state index is 13.5. The molecule has 0 aliphatic rings. The molecule has 2 aromatic carbocycles. The van der Waals surface area contributed by atoms with E-state index in [1.54, 1.807) is 12.1 Å². The number of rotatable bonds is 4. The second-order valence-electron chi connectivity index (χ2n) is 6.72. The number of amides is 1. The molecule has 1 N–H and O–H groups in total. The van der Waals surface area contributed by atoms with Crippen LogP contribution < -0.4 is 10.9 Å². The molecule has 0 fully saturated rings. The molecule has 28 heavy (non-hydrogen) atoms. The van der Waals surface area contributed by atoms with E-state index in [0.29, 0.717) is 17.6 Å². The van der Waals surface area contributed by atoms with E-state index in [0.717, 1.165) is 11.6 Å². The molecule has 4 aromatic rings. The summed E-state index contributed by atoms with van der Waals surface area (Å²) in [5, 5.41) is 3.09. The lowest BCUT2D eigenvalue weighted by molar-refractivity contribution is 0.0952. The molecular formula is C22H18FN3O2. The third-order valence-corrected chi connectivity index (χ3v) is 4.78. The minimum Gasteiger partial charge on any atom is -0.351 e. The minimum absolute atomic E-state index is 0.139. The Morgan fingerprint density at radius 2 is 1.93 bits per heavy atom. The normalized spacial score (nSPS) is 12.2. The van der Waals surface area contributed by atoms with Crippen molar-refractivity contribution in [2.75, 3.05) is 6.54 Å². The van der Waals surface area contributed by atoms with Crippen molar-refractivity contribution >= 4 is 22.5 Å². The lowest BCUT2D eigenvalue weighted by Crippen LogP contribution is -2.29. The summed E-state index contributed by atoms with van der Waals surface area (Å²) in [6.45, 7) is 2.48. The second-order valence-corrected chi connectivity index (χ2v) is 6.72. The number of hydrogen-bond donors (Lipinski definition) is 1. The fourth-order valence-electron chi connectivity index (χ4n) is 3.22. The number of carbonyl (C=O) groups is 1. The first-order valence-corrected chi connectivity index (χ1v) is 8.98. The number of halogens is 1. The highest BCUT2D eigenvalue weighted by Gasteiger charge is 2.15. The number of carbonyl (C=O) groups excluding carboxylic acids is 1. The van der Waals surface area contributed by atoms with Gasteiger partial charge in [-0.05, 0) is 41.8 Å². The van der Waals surface area contributed by atoms with Gasteiger partial charge in [-0.1, -0.05) is 37.3 Å². The molecule has 140 valence electrons. The van der Waals surface area contributed by atoms with Crippen molar-refractivity contribution in [3.05, 3.63) is 94.2 Å². The molecule has 0 bridgehead atoms. The molecule has 0 aliphatic carbocycles. The maximum absolute atomic E-state index is 13.5. The van der Waals surface area contributed by atoms with Crippen molar-refractivity contribution in [3.63, 3.8) is 0 Å². The molecule has 1 amide bonds. The van der Waals surface area contributed by atoms with Crippen LogP contribution in [0.5, 0.6) is 0 Å². The van der Waals surface area contributed by atoms with Gasteiger partial charge in [-0.25, -0.2) is 9.37 Å². The van der Waals surface area contributed by atoms with Gasteiger partial charge in [-0.3, -0.25) is 14.0 Å². The molecule has 2 aromatic heterocycles. The SMILES string of the molecule is C[C@H](CNC(=O)c1cccn2c(=O)c3cc(F)ccc3nc12)c1ccccc1. The smallest absolute Gasteiger partial charge is 0.265 e. The molecular weight excluding hydrogens is 357 g/mol. The summed E-state index contributed by atoms with van der Waals surface area (Å²) in [7, 11) is 0. The number of nitrogens with zero attached hydrogens (tertiary/aromatic N) is 2. The van der Waals surface area contributed by atoms with E-state index in [2.05, 4.69) is 10.3 Å². The Bertz CT molecular complexity index is 1240. The zero-order chi connectivity index (χ0) is 19.7. The van der Waals surface area contributed by atoms with Gasteiger partial charge in [0.15, 0.2) is 5.65 Å². The van der Waals surface area contributed by atoms with E-state index in [1.807, 2.05) is 37.3 Å². The molecule has 4 rings (SSSR count). The van der Waals surface area contributed by atoms with Crippen LogP contribution in [0.3, 0.4) is 0 Å². The van der Waals surface area contributed by atoms with Gasteiger partial charge in [-0.15, -0.1) is 0 Å². The molecule has 0 saturated carbocycles. The van der Waals surface area contributed by atoms with Gasteiger partial charge in [0.2, 0.25) is 0 Å². The molecule has 0 saturated heterocycles. The number of benzene rings is 2.